The van der Waals surface area contributed by atoms with Gasteiger partial charge in [-0.1, -0.05) is 39.5 Å². The summed E-state index contributed by atoms with van der Waals surface area (Å²) in [6.07, 6.45) is 5.59. The van der Waals surface area contributed by atoms with E-state index < -0.39 is 0 Å². The fourth-order valence-corrected chi connectivity index (χ4v) is 2.76. The number of rotatable bonds is 9. The summed E-state index contributed by atoms with van der Waals surface area (Å²) >= 11 is 0. The van der Waals surface area contributed by atoms with E-state index in [0.717, 1.165) is 24.4 Å². The first-order chi connectivity index (χ1) is 12.1. The number of hydrogen-bond acceptors (Lipinski definition) is 3. The van der Waals surface area contributed by atoms with Crippen LogP contribution >= 0.6 is 0 Å². The lowest BCUT2D eigenvalue weighted by Gasteiger charge is -2.13. The van der Waals surface area contributed by atoms with Crippen LogP contribution in [0.15, 0.2) is 24.3 Å². The van der Waals surface area contributed by atoms with Crippen LogP contribution in [-0.2, 0) is 4.74 Å². The van der Waals surface area contributed by atoms with Crippen LogP contribution in [-0.4, -0.2) is 31.8 Å². The van der Waals surface area contributed by atoms with Crippen molar-refractivity contribution in [1.82, 2.24) is 5.32 Å². The molecule has 6 nitrogen and oxygen atoms in total. The first-order valence-corrected chi connectivity index (χ1v) is 9.15. The molecule has 2 N–H and O–H groups in total. The Kier molecular flexibility index (Phi) is 7.57. The molecule has 6 heteroatoms. The van der Waals surface area contributed by atoms with Crippen LogP contribution in [0.5, 0.6) is 0 Å². The van der Waals surface area contributed by atoms with Crippen LogP contribution in [0.4, 0.5) is 21.0 Å². The van der Waals surface area contributed by atoms with E-state index in [2.05, 4.69) is 24.5 Å². The van der Waals surface area contributed by atoms with Crippen LogP contribution in [0.1, 0.15) is 46.0 Å². The molecule has 1 heterocycles. The zero-order valence-corrected chi connectivity index (χ0v) is 15.2. The molecule has 1 fully saturated rings. The smallest absolute Gasteiger partial charge is 0.414 e. The van der Waals surface area contributed by atoms with Gasteiger partial charge in [0, 0.05) is 17.9 Å². The zero-order valence-electron chi connectivity index (χ0n) is 15.2. The number of hydrogen-bond donors (Lipinski definition) is 2. The summed E-state index contributed by atoms with van der Waals surface area (Å²) < 4.78 is 4.91. The number of nitrogens with one attached hydrogen (secondary N) is 2. The Morgan fingerprint density at radius 2 is 1.88 bits per heavy atom. The lowest BCUT2D eigenvalue weighted by Crippen LogP contribution is -2.29. The van der Waals surface area contributed by atoms with Crippen molar-refractivity contribution in [2.24, 2.45) is 5.92 Å². The fraction of sp³-hybridized carbons (Fsp3) is 0.579. The molecule has 1 aliphatic heterocycles. The van der Waals surface area contributed by atoms with Crippen molar-refractivity contribution in [2.75, 3.05) is 29.9 Å². The minimum Gasteiger partial charge on any atom is -0.447 e. The fourth-order valence-electron chi connectivity index (χ4n) is 2.76. The van der Waals surface area contributed by atoms with E-state index in [1.54, 1.807) is 29.2 Å². The van der Waals surface area contributed by atoms with Gasteiger partial charge < -0.3 is 15.4 Å². The molecule has 0 spiro atoms. The van der Waals surface area contributed by atoms with Gasteiger partial charge in [0.05, 0.1) is 6.54 Å². The highest BCUT2D eigenvalue weighted by Crippen LogP contribution is 2.21. The van der Waals surface area contributed by atoms with E-state index in [0.29, 0.717) is 25.4 Å². The third-order valence-electron chi connectivity index (χ3n) is 4.19. The highest BCUT2D eigenvalue weighted by atomic mass is 16.6. The molecule has 0 saturated carbocycles. The Bertz CT molecular complexity index is 558. The van der Waals surface area contributed by atoms with Crippen molar-refractivity contribution in [1.29, 1.82) is 0 Å². The highest BCUT2D eigenvalue weighted by molar-refractivity contribution is 5.91. The van der Waals surface area contributed by atoms with Crippen LogP contribution in [0.25, 0.3) is 0 Å². The van der Waals surface area contributed by atoms with Crippen molar-refractivity contribution in [3.05, 3.63) is 24.3 Å². The van der Waals surface area contributed by atoms with E-state index in [9.17, 15) is 9.59 Å². The van der Waals surface area contributed by atoms with Gasteiger partial charge in [0.25, 0.3) is 0 Å². The maximum absolute atomic E-state index is 11.9. The molecule has 0 bridgehead atoms. The normalized spacial score (nSPS) is 13.9. The van der Waals surface area contributed by atoms with Gasteiger partial charge in [-0.2, -0.15) is 0 Å². The van der Waals surface area contributed by atoms with Gasteiger partial charge in [0.2, 0.25) is 0 Å². The Morgan fingerprint density at radius 3 is 2.52 bits per heavy atom. The summed E-state index contributed by atoms with van der Waals surface area (Å²) in [4.78, 5) is 25.0. The number of amides is 3. The van der Waals surface area contributed by atoms with Crippen LogP contribution in [0, 0.1) is 5.92 Å². The van der Waals surface area contributed by atoms with Crippen LogP contribution in [0.2, 0.25) is 0 Å². The molecule has 1 saturated heterocycles. The summed E-state index contributed by atoms with van der Waals surface area (Å²) in [7, 11) is 0. The van der Waals surface area contributed by atoms with Gasteiger partial charge in [0.15, 0.2) is 0 Å². The summed E-state index contributed by atoms with van der Waals surface area (Å²) in [6.45, 7) is 6.15. The van der Waals surface area contributed by atoms with Crippen molar-refractivity contribution in [2.45, 2.75) is 46.0 Å². The third-order valence-corrected chi connectivity index (χ3v) is 4.19. The van der Waals surface area contributed by atoms with Gasteiger partial charge in [-0.25, -0.2) is 9.59 Å². The quantitative estimate of drug-likeness (QED) is 0.652. The molecule has 2 rings (SSSR count). The summed E-state index contributed by atoms with van der Waals surface area (Å²) in [5, 5.41) is 5.68. The number of ether oxygens (including phenoxy) is 1. The van der Waals surface area contributed by atoms with Gasteiger partial charge in [-0.15, -0.1) is 0 Å². The number of urea groups is 1. The first-order valence-electron chi connectivity index (χ1n) is 9.15. The van der Waals surface area contributed by atoms with E-state index in [1.165, 1.54) is 19.3 Å². The predicted molar refractivity (Wildman–Crippen MR) is 100 cm³/mol. The molecular weight excluding hydrogens is 318 g/mol. The van der Waals surface area contributed by atoms with E-state index in [-0.39, 0.29) is 12.1 Å². The highest BCUT2D eigenvalue weighted by Gasteiger charge is 2.23. The van der Waals surface area contributed by atoms with Gasteiger partial charge in [-0.3, -0.25) is 4.90 Å². The average molecular weight is 347 g/mol. The van der Waals surface area contributed by atoms with E-state index in [1.807, 2.05) is 0 Å². The maximum Gasteiger partial charge on any atom is 0.414 e. The Morgan fingerprint density at radius 1 is 1.16 bits per heavy atom. The van der Waals surface area contributed by atoms with E-state index in [4.69, 9.17) is 4.74 Å². The largest absolute Gasteiger partial charge is 0.447 e. The molecule has 0 radical (unpaired) electrons. The SMILES string of the molecule is CC(C)CCCCCCNC(=O)Nc1ccc(N2CCOC2=O)cc1. The number of nitrogens with zero attached hydrogens (tertiary/aromatic N) is 1. The molecule has 3 amide bonds. The molecule has 1 aliphatic rings. The predicted octanol–water partition coefficient (Wildman–Crippen LogP) is 4.37. The lowest BCUT2D eigenvalue weighted by molar-refractivity contribution is 0.181. The Balaban J connectivity index is 1.63. The zero-order chi connectivity index (χ0) is 18.1. The molecular formula is C19H29N3O3. The summed E-state index contributed by atoms with van der Waals surface area (Å²) in [5.41, 5.74) is 1.47. The van der Waals surface area contributed by atoms with Crippen LogP contribution in [0.3, 0.4) is 0 Å². The van der Waals surface area contributed by atoms with Crippen molar-refractivity contribution in [3.63, 3.8) is 0 Å². The number of cyclic esters (lactones) is 1. The maximum atomic E-state index is 11.9. The third kappa shape index (κ3) is 6.64. The molecule has 1 aromatic rings. The summed E-state index contributed by atoms with van der Waals surface area (Å²) in [6, 6.07) is 6.97. The monoisotopic (exact) mass is 347 g/mol. The first kappa shape index (κ1) is 19.1. The number of carbonyl (C=O) groups excluding carboxylic acids is 2. The second kappa shape index (κ2) is 9.91. The van der Waals surface area contributed by atoms with Gasteiger partial charge in [0.1, 0.15) is 6.61 Å². The second-order valence-electron chi connectivity index (χ2n) is 6.79. The van der Waals surface area contributed by atoms with Crippen molar-refractivity contribution >= 4 is 23.5 Å². The molecule has 25 heavy (non-hydrogen) atoms. The number of benzene rings is 1. The number of carbonyl (C=O) groups is 2. The molecule has 0 aromatic heterocycles. The molecule has 0 atom stereocenters. The molecule has 0 aliphatic carbocycles. The minimum absolute atomic E-state index is 0.199. The summed E-state index contributed by atoms with van der Waals surface area (Å²) in [5.74, 6) is 0.770. The van der Waals surface area contributed by atoms with Gasteiger partial charge in [-0.05, 0) is 36.6 Å². The van der Waals surface area contributed by atoms with E-state index >= 15 is 0 Å². The van der Waals surface area contributed by atoms with Crippen molar-refractivity contribution in [3.8, 4) is 0 Å². The van der Waals surface area contributed by atoms with Gasteiger partial charge >= 0.3 is 12.1 Å². The van der Waals surface area contributed by atoms with Crippen LogP contribution < -0.4 is 15.5 Å². The lowest BCUT2D eigenvalue weighted by atomic mass is 10.0. The Hall–Kier alpha value is -2.24. The van der Waals surface area contributed by atoms with Crippen molar-refractivity contribution < 1.29 is 14.3 Å². The Labute approximate surface area is 149 Å². The standard InChI is InChI=1S/C19H29N3O3/c1-15(2)7-5-3-4-6-12-20-18(23)21-16-8-10-17(11-9-16)22-13-14-25-19(22)24/h8-11,15H,3-7,12-14H2,1-2H3,(H2,20,21,23). The second-order valence-corrected chi connectivity index (χ2v) is 6.79. The topological polar surface area (TPSA) is 70.7 Å². The average Bonchev–Trinajstić information content (AvgIpc) is 3.00. The molecule has 1 aromatic carbocycles. The molecule has 0 unspecified atom stereocenters. The number of anilines is 2. The number of unbranched alkanes of at least 4 members (excludes halogenated alkanes) is 3. The molecule has 138 valence electrons. The minimum atomic E-state index is -0.327.